The first-order valence-corrected chi connectivity index (χ1v) is 12.5. The fraction of sp³-hybridized carbons (Fsp3) is 0.429. The first kappa shape index (κ1) is 23.7. The lowest BCUT2D eigenvalue weighted by Crippen LogP contribution is -2.44. The molecule has 0 spiro atoms. The zero-order valence-electron chi connectivity index (χ0n) is 18.2. The monoisotopic (exact) mass is 510 g/mol. The second-order valence-corrected chi connectivity index (χ2v) is 10.5. The zero-order valence-corrected chi connectivity index (χ0v) is 19.8. The van der Waals surface area contributed by atoms with E-state index in [0.717, 1.165) is 5.56 Å². The van der Waals surface area contributed by atoms with Crippen LogP contribution in [-0.2, 0) is 22.9 Å². The van der Waals surface area contributed by atoms with Crippen LogP contribution in [0.15, 0.2) is 42.9 Å². The van der Waals surface area contributed by atoms with Crippen molar-refractivity contribution in [3.05, 3.63) is 53.4 Å². The van der Waals surface area contributed by atoms with E-state index in [9.17, 15) is 14.8 Å². The van der Waals surface area contributed by atoms with Gasteiger partial charge in [-0.05, 0) is 30.7 Å². The lowest BCUT2D eigenvalue weighted by molar-refractivity contribution is -0.0950. The number of nitrogens with zero attached hydrogens (tertiary/aromatic N) is 3. The molecule has 2 fully saturated rings. The maximum Gasteiger partial charge on any atom is 0.475 e. The summed E-state index contributed by atoms with van der Waals surface area (Å²) in [6.45, 7) is 1.26. The van der Waals surface area contributed by atoms with Gasteiger partial charge in [-0.15, -0.1) is 0 Å². The molecule has 0 unspecified atom stereocenters. The summed E-state index contributed by atoms with van der Waals surface area (Å²) in [5.74, 6) is 0.279. The van der Waals surface area contributed by atoms with Crippen molar-refractivity contribution in [1.29, 1.82) is 0 Å². The van der Waals surface area contributed by atoms with E-state index in [0.29, 0.717) is 22.5 Å². The zero-order chi connectivity index (χ0) is 24.1. The molecule has 6 atom stereocenters. The van der Waals surface area contributed by atoms with Crippen molar-refractivity contribution < 1.29 is 33.1 Å². The van der Waals surface area contributed by atoms with E-state index in [4.69, 9.17) is 35.6 Å². The summed E-state index contributed by atoms with van der Waals surface area (Å²) in [7, 11) is -3.94. The number of nitrogens with two attached hydrogens (primary N) is 1. The predicted octanol–water partition coefficient (Wildman–Crippen LogP) is 2.98. The Hall–Kier alpha value is -2.08. The van der Waals surface area contributed by atoms with Crippen molar-refractivity contribution in [2.75, 3.05) is 18.9 Å². The molecule has 182 valence electrons. The molecule has 4 N–H and O–H groups in total. The Morgan fingerprint density at radius 2 is 2.09 bits per heavy atom. The minimum Gasteiger partial charge on any atom is -0.387 e. The highest BCUT2D eigenvalue weighted by Gasteiger charge is 2.54. The van der Waals surface area contributed by atoms with Crippen LogP contribution < -0.4 is 5.73 Å². The summed E-state index contributed by atoms with van der Waals surface area (Å²) in [6, 6.07) is 8.70. The quantitative estimate of drug-likeness (QED) is 0.437. The van der Waals surface area contributed by atoms with Crippen molar-refractivity contribution >= 4 is 36.3 Å². The van der Waals surface area contributed by atoms with Gasteiger partial charge in [-0.25, -0.2) is 14.5 Å². The molecule has 2 aliphatic heterocycles. The van der Waals surface area contributed by atoms with Gasteiger partial charge in [-0.3, -0.25) is 13.6 Å². The number of halogens is 1. The molecule has 11 nitrogen and oxygen atoms in total. The highest BCUT2D eigenvalue weighted by molar-refractivity contribution is 7.48. The number of anilines is 1. The Morgan fingerprint density at radius 3 is 2.85 bits per heavy atom. The van der Waals surface area contributed by atoms with E-state index < -0.39 is 38.0 Å². The van der Waals surface area contributed by atoms with Crippen molar-refractivity contribution in [2.24, 2.45) is 0 Å². The van der Waals surface area contributed by atoms with Crippen LogP contribution in [-0.4, -0.2) is 55.8 Å². The number of aliphatic hydroxyl groups is 2. The fourth-order valence-corrected chi connectivity index (χ4v) is 5.72. The molecule has 0 radical (unpaired) electrons. The molecule has 2 saturated heterocycles. The molecule has 4 heterocycles. The van der Waals surface area contributed by atoms with Gasteiger partial charge in [-0.2, -0.15) is 0 Å². The molecule has 2 aliphatic rings. The van der Waals surface area contributed by atoms with E-state index in [-0.39, 0.29) is 19.0 Å². The van der Waals surface area contributed by atoms with Crippen LogP contribution in [0.2, 0.25) is 5.02 Å². The summed E-state index contributed by atoms with van der Waals surface area (Å²) >= 11 is 5.94. The average Bonchev–Trinajstić information content (AvgIpc) is 3.33. The molecule has 0 amide bonds. The third kappa shape index (κ3) is 4.23. The Morgan fingerprint density at radius 1 is 1.32 bits per heavy atom. The van der Waals surface area contributed by atoms with Crippen LogP contribution in [0, 0.1) is 0 Å². The lowest BCUT2D eigenvalue weighted by atomic mass is 9.96. The molecule has 34 heavy (non-hydrogen) atoms. The number of nitrogen functional groups attached to an aromatic ring is 1. The average molecular weight is 511 g/mol. The number of fused-ring (bicyclic) bond motifs is 1. The second-order valence-electron chi connectivity index (χ2n) is 8.43. The number of aliphatic hydroxyl groups excluding tert-OH is 1. The minimum atomic E-state index is -3.94. The molecule has 2 aromatic heterocycles. The summed E-state index contributed by atoms with van der Waals surface area (Å²) in [5, 5.41) is 23.0. The van der Waals surface area contributed by atoms with Crippen LogP contribution >= 0.6 is 19.4 Å². The van der Waals surface area contributed by atoms with Crippen LogP contribution in [0.3, 0.4) is 0 Å². The normalized spacial score (nSPS) is 34.0. The minimum absolute atomic E-state index is 0.162. The molecule has 0 saturated carbocycles. The van der Waals surface area contributed by atoms with Gasteiger partial charge < -0.3 is 25.3 Å². The van der Waals surface area contributed by atoms with Gasteiger partial charge in [0.1, 0.15) is 35.6 Å². The van der Waals surface area contributed by atoms with Crippen LogP contribution in [0.25, 0.3) is 11.0 Å². The van der Waals surface area contributed by atoms with Crippen molar-refractivity contribution in [3.8, 4) is 0 Å². The van der Waals surface area contributed by atoms with Crippen LogP contribution in [0.4, 0.5) is 5.82 Å². The number of aromatic nitrogens is 3. The van der Waals surface area contributed by atoms with Crippen LogP contribution in [0.1, 0.15) is 31.2 Å². The van der Waals surface area contributed by atoms with E-state index >= 15 is 0 Å². The molecule has 5 rings (SSSR count). The lowest BCUT2D eigenvalue weighted by Gasteiger charge is -2.30. The van der Waals surface area contributed by atoms with E-state index in [1.54, 1.807) is 41.1 Å². The predicted molar refractivity (Wildman–Crippen MR) is 122 cm³/mol. The largest absolute Gasteiger partial charge is 0.475 e. The highest BCUT2D eigenvalue weighted by Crippen LogP contribution is 2.57. The SMILES string of the molecule is C[C@@]1(O)[C@H](O)[C@@H](CO[P@@]2(=O)OCC[C@@H](c3ccc(Cl)cc3)O2)O[C@H]1n1ccc2c(N)ncnc21. The Kier molecular flexibility index (Phi) is 6.16. The van der Waals surface area contributed by atoms with Gasteiger partial charge >= 0.3 is 7.82 Å². The number of rotatable bonds is 5. The number of hydrogen-bond donors (Lipinski definition) is 3. The molecule has 3 aromatic rings. The summed E-state index contributed by atoms with van der Waals surface area (Å²) in [6.07, 6.45) is -0.479. The van der Waals surface area contributed by atoms with Gasteiger partial charge in [0.25, 0.3) is 0 Å². The van der Waals surface area contributed by atoms with Gasteiger partial charge in [0.05, 0.1) is 24.7 Å². The summed E-state index contributed by atoms with van der Waals surface area (Å²) in [5.41, 5.74) is 5.40. The highest BCUT2D eigenvalue weighted by atomic mass is 35.5. The van der Waals surface area contributed by atoms with Gasteiger partial charge in [0.15, 0.2) is 6.23 Å². The number of hydrogen-bond acceptors (Lipinski definition) is 10. The van der Waals surface area contributed by atoms with E-state index in [1.165, 1.54) is 13.3 Å². The Bertz CT molecular complexity index is 1240. The standard InChI is InChI=1S/C21H24ClN4O7P/c1-21(28)17(27)16(32-20(21)26-8-6-14-18(23)24-11-25-19(14)26)10-31-34(29)30-9-7-15(33-34)12-2-4-13(22)5-3-12/h2-6,8,11,15-17,20,27-28H,7,9-10H2,1H3,(H2,23,24,25)/t15-,16+,17+,20+,21+,34+/m0/s1. The number of ether oxygens (including phenoxy) is 1. The first-order chi connectivity index (χ1) is 16.2. The van der Waals surface area contributed by atoms with Crippen molar-refractivity contribution in [3.63, 3.8) is 0 Å². The maximum atomic E-state index is 13.1. The molecular formula is C21H24ClN4O7P. The molecule has 1 aromatic carbocycles. The Balaban J connectivity index is 1.30. The van der Waals surface area contributed by atoms with Gasteiger partial charge in [-0.1, -0.05) is 23.7 Å². The number of phosphoric acid groups is 1. The topological polar surface area (TPSA) is 151 Å². The van der Waals surface area contributed by atoms with Crippen LogP contribution in [0.5, 0.6) is 0 Å². The summed E-state index contributed by atoms with van der Waals surface area (Å²) < 4.78 is 37.0. The maximum absolute atomic E-state index is 13.1. The van der Waals surface area contributed by atoms with Crippen molar-refractivity contribution in [1.82, 2.24) is 14.5 Å². The number of benzene rings is 1. The summed E-state index contributed by atoms with van der Waals surface area (Å²) in [4.78, 5) is 8.16. The van der Waals surface area contributed by atoms with E-state index in [2.05, 4.69) is 9.97 Å². The van der Waals surface area contributed by atoms with Crippen molar-refractivity contribution in [2.45, 2.75) is 43.5 Å². The van der Waals surface area contributed by atoms with Gasteiger partial charge in [0.2, 0.25) is 0 Å². The smallest absolute Gasteiger partial charge is 0.387 e. The third-order valence-corrected chi connectivity index (χ3v) is 7.80. The first-order valence-electron chi connectivity index (χ1n) is 10.6. The molecule has 13 heteroatoms. The molecular weight excluding hydrogens is 487 g/mol. The fourth-order valence-electron chi connectivity index (χ4n) is 4.21. The van der Waals surface area contributed by atoms with Gasteiger partial charge in [0, 0.05) is 17.6 Å². The van der Waals surface area contributed by atoms with E-state index in [1.807, 2.05) is 0 Å². The third-order valence-electron chi connectivity index (χ3n) is 6.07. The Labute approximate surface area is 200 Å². The molecule has 0 aliphatic carbocycles. The second kappa shape index (κ2) is 8.85. The number of phosphoric ester groups is 1. The molecule has 0 bridgehead atoms.